The van der Waals surface area contributed by atoms with Crippen molar-refractivity contribution in [3.63, 3.8) is 0 Å². The largest absolute Gasteiger partial charge is 0.352 e. The summed E-state index contributed by atoms with van der Waals surface area (Å²) < 4.78 is 27.2. The van der Waals surface area contributed by atoms with Gasteiger partial charge in [-0.05, 0) is 31.4 Å². The highest BCUT2D eigenvalue weighted by Gasteiger charge is 2.15. The van der Waals surface area contributed by atoms with Gasteiger partial charge < -0.3 is 10.6 Å². The van der Waals surface area contributed by atoms with E-state index in [0.717, 1.165) is 22.6 Å². The molecule has 0 unspecified atom stereocenters. The predicted octanol–water partition coefficient (Wildman–Crippen LogP) is 3.02. The molecule has 0 aliphatic carbocycles. The van der Waals surface area contributed by atoms with Gasteiger partial charge >= 0.3 is 0 Å². The number of thiazole rings is 1. The Kier molecular flexibility index (Phi) is 11.1. The van der Waals surface area contributed by atoms with Crippen molar-refractivity contribution in [2.24, 2.45) is 4.99 Å². The summed E-state index contributed by atoms with van der Waals surface area (Å²) in [6.07, 6.45) is 2.88. The molecule has 0 atom stereocenters. The molecule has 0 radical (unpaired) electrons. The summed E-state index contributed by atoms with van der Waals surface area (Å²) in [5, 5.41) is 7.49. The Hall–Kier alpha value is -1.24. The number of sulfonamides is 1. The first kappa shape index (κ1) is 25.8. The third-order valence-electron chi connectivity index (χ3n) is 3.91. The molecular formula is C19H30IN5O2S2. The number of guanidine groups is 1. The summed E-state index contributed by atoms with van der Waals surface area (Å²) in [6.45, 7) is 6.81. The molecule has 0 amide bonds. The van der Waals surface area contributed by atoms with E-state index < -0.39 is 10.0 Å². The number of halogens is 1. The van der Waals surface area contributed by atoms with Crippen LogP contribution < -0.4 is 15.4 Å². The number of nitrogens with one attached hydrogen (secondary N) is 3. The first-order valence-corrected chi connectivity index (χ1v) is 11.7. The van der Waals surface area contributed by atoms with Crippen molar-refractivity contribution in [2.75, 3.05) is 7.05 Å². The van der Waals surface area contributed by atoms with Crippen LogP contribution >= 0.6 is 35.3 Å². The Bertz CT molecular complexity index is 898. The first-order valence-electron chi connectivity index (χ1n) is 9.27. The van der Waals surface area contributed by atoms with E-state index in [4.69, 9.17) is 0 Å². The number of benzene rings is 1. The smallest absolute Gasteiger partial charge is 0.216 e. The van der Waals surface area contributed by atoms with Crippen LogP contribution in [-0.4, -0.2) is 32.5 Å². The highest BCUT2D eigenvalue weighted by atomic mass is 127. The molecule has 2 rings (SSSR count). The number of aliphatic imine (C=N–C) groups is 1. The molecule has 1 aromatic carbocycles. The minimum atomic E-state index is -3.38. The van der Waals surface area contributed by atoms with Gasteiger partial charge in [-0.2, -0.15) is 0 Å². The summed E-state index contributed by atoms with van der Waals surface area (Å²) in [5.74, 6) is 0.597. The molecule has 1 aromatic heterocycles. The van der Waals surface area contributed by atoms with Crippen LogP contribution in [0.1, 0.15) is 41.8 Å². The number of rotatable bonds is 9. The van der Waals surface area contributed by atoms with Crippen LogP contribution in [0.15, 0.2) is 35.5 Å². The van der Waals surface area contributed by atoms with Gasteiger partial charge in [0.1, 0.15) is 5.01 Å². The molecule has 0 saturated heterocycles. The van der Waals surface area contributed by atoms with Crippen LogP contribution in [0, 0.1) is 0 Å². The second-order valence-corrected chi connectivity index (χ2v) is 9.61. The topological polar surface area (TPSA) is 95.5 Å². The minimum absolute atomic E-state index is 0. The van der Waals surface area contributed by atoms with Crippen molar-refractivity contribution in [3.05, 3.63) is 51.5 Å². The fourth-order valence-electron chi connectivity index (χ4n) is 2.63. The summed E-state index contributed by atoms with van der Waals surface area (Å²) in [5.41, 5.74) is 1.69. The van der Waals surface area contributed by atoms with Crippen molar-refractivity contribution >= 4 is 51.3 Å². The van der Waals surface area contributed by atoms with Gasteiger partial charge in [-0.3, -0.25) is 4.99 Å². The van der Waals surface area contributed by atoms with Crippen molar-refractivity contribution in [2.45, 2.75) is 52.1 Å². The van der Waals surface area contributed by atoms with E-state index >= 15 is 0 Å². The second-order valence-electron chi connectivity index (χ2n) is 6.65. The number of hydrogen-bond donors (Lipinski definition) is 3. The molecule has 1 heterocycles. The lowest BCUT2D eigenvalue weighted by atomic mass is 10.1. The molecule has 3 N–H and O–H groups in total. The van der Waals surface area contributed by atoms with Gasteiger partial charge in [0.25, 0.3) is 0 Å². The monoisotopic (exact) mass is 551 g/mol. The summed E-state index contributed by atoms with van der Waals surface area (Å²) in [4.78, 5) is 9.87. The highest BCUT2D eigenvalue weighted by Crippen LogP contribution is 2.14. The first-order chi connectivity index (χ1) is 13.3. The van der Waals surface area contributed by atoms with E-state index in [-0.39, 0.29) is 35.8 Å². The van der Waals surface area contributed by atoms with Crippen molar-refractivity contribution in [3.8, 4) is 0 Å². The van der Waals surface area contributed by atoms with Crippen LogP contribution in [-0.2, 0) is 35.3 Å². The van der Waals surface area contributed by atoms with E-state index in [1.807, 2.05) is 44.3 Å². The zero-order valence-corrected chi connectivity index (χ0v) is 21.2. The average Bonchev–Trinajstić information content (AvgIpc) is 3.09. The van der Waals surface area contributed by atoms with Crippen LogP contribution in [0.25, 0.3) is 0 Å². The maximum Gasteiger partial charge on any atom is 0.216 e. The molecular weight excluding hydrogens is 521 g/mol. The zero-order chi connectivity index (χ0) is 20.6. The Morgan fingerprint density at radius 1 is 1.17 bits per heavy atom. The lowest BCUT2D eigenvalue weighted by molar-refractivity contribution is 0.568. The quantitative estimate of drug-likeness (QED) is 0.253. The number of aromatic nitrogens is 1. The Labute approximate surface area is 194 Å². The summed E-state index contributed by atoms with van der Waals surface area (Å²) in [6, 6.07) is 7.40. The average molecular weight is 552 g/mol. The van der Waals surface area contributed by atoms with E-state index in [9.17, 15) is 8.42 Å². The molecule has 0 aliphatic rings. The Morgan fingerprint density at radius 3 is 2.41 bits per heavy atom. The Balaban J connectivity index is 0.00000420. The number of aryl methyl sites for hydroxylation is 1. The minimum Gasteiger partial charge on any atom is -0.352 e. The van der Waals surface area contributed by atoms with Gasteiger partial charge in [0.15, 0.2) is 5.96 Å². The van der Waals surface area contributed by atoms with Crippen LogP contribution in [0.5, 0.6) is 0 Å². The lowest BCUT2D eigenvalue weighted by Gasteiger charge is -2.15. The molecule has 10 heteroatoms. The predicted molar refractivity (Wildman–Crippen MR) is 131 cm³/mol. The van der Waals surface area contributed by atoms with E-state index in [0.29, 0.717) is 19.0 Å². The van der Waals surface area contributed by atoms with Crippen molar-refractivity contribution in [1.82, 2.24) is 20.3 Å². The van der Waals surface area contributed by atoms with Crippen molar-refractivity contribution in [1.29, 1.82) is 0 Å². The molecule has 29 heavy (non-hydrogen) atoms. The third-order valence-corrected chi connectivity index (χ3v) is 6.57. The molecule has 0 saturated carbocycles. The fraction of sp³-hybridized carbons (Fsp3) is 0.474. The molecule has 2 aromatic rings. The van der Waals surface area contributed by atoms with Gasteiger partial charge in [0.05, 0.1) is 12.3 Å². The van der Waals surface area contributed by atoms with E-state index in [1.54, 1.807) is 18.4 Å². The lowest BCUT2D eigenvalue weighted by Crippen LogP contribution is -2.36. The van der Waals surface area contributed by atoms with Gasteiger partial charge in [0.2, 0.25) is 10.0 Å². The summed E-state index contributed by atoms with van der Waals surface area (Å²) >= 11 is 1.68. The normalized spacial score (nSPS) is 12.0. The molecule has 7 nitrogen and oxygen atoms in total. The van der Waals surface area contributed by atoms with Crippen LogP contribution in [0.3, 0.4) is 0 Å². The maximum absolute atomic E-state index is 12.3. The molecule has 0 aliphatic heterocycles. The molecule has 162 valence electrons. The SMILES string of the molecule is CCc1cnc(CNC(=NC)NCc2ccccc2CS(=O)(=O)NC(C)C)s1.I. The highest BCUT2D eigenvalue weighted by molar-refractivity contribution is 14.0. The van der Waals surface area contributed by atoms with Gasteiger partial charge in [0, 0.05) is 30.7 Å². The molecule has 0 fully saturated rings. The molecule has 0 spiro atoms. The number of hydrogen-bond acceptors (Lipinski definition) is 5. The van der Waals surface area contributed by atoms with E-state index in [2.05, 4.69) is 32.3 Å². The van der Waals surface area contributed by atoms with Crippen LogP contribution in [0.2, 0.25) is 0 Å². The Morgan fingerprint density at radius 2 is 1.83 bits per heavy atom. The molecule has 0 bridgehead atoms. The third kappa shape index (κ3) is 8.97. The van der Waals surface area contributed by atoms with Gasteiger partial charge in [-0.15, -0.1) is 35.3 Å². The van der Waals surface area contributed by atoms with Crippen molar-refractivity contribution < 1.29 is 8.42 Å². The number of nitrogens with zero attached hydrogens (tertiary/aromatic N) is 2. The van der Waals surface area contributed by atoms with E-state index in [1.165, 1.54) is 4.88 Å². The standard InChI is InChI=1S/C19H29N5O2S2.HI/c1-5-17-11-21-18(27-17)12-23-19(20-4)22-10-15-8-6-7-9-16(15)13-28(25,26)24-14(2)3;/h6-9,11,14,24H,5,10,12-13H2,1-4H3,(H2,20,22,23);1H. The van der Waals surface area contributed by atoms with Gasteiger partial charge in [-0.25, -0.2) is 18.1 Å². The maximum atomic E-state index is 12.3. The summed E-state index contributed by atoms with van der Waals surface area (Å²) in [7, 11) is -1.67. The fourth-order valence-corrected chi connectivity index (χ4v) is 4.92. The van der Waals surface area contributed by atoms with Crippen LogP contribution in [0.4, 0.5) is 0 Å². The van der Waals surface area contributed by atoms with Gasteiger partial charge in [-0.1, -0.05) is 31.2 Å². The zero-order valence-electron chi connectivity index (χ0n) is 17.2. The second kappa shape index (κ2) is 12.5.